The van der Waals surface area contributed by atoms with Crippen molar-refractivity contribution < 1.29 is 9.53 Å². The number of likely N-dealkylation sites (tertiary alicyclic amines) is 1. The van der Waals surface area contributed by atoms with Crippen molar-refractivity contribution in [3.8, 4) is 5.88 Å². The van der Waals surface area contributed by atoms with Crippen LogP contribution in [0.1, 0.15) is 56.6 Å². The van der Waals surface area contributed by atoms with Gasteiger partial charge in [-0.05, 0) is 64.0 Å². The summed E-state index contributed by atoms with van der Waals surface area (Å²) in [4.78, 5) is 17.1. The van der Waals surface area contributed by atoms with Crippen LogP contribution in [0.25, 0.3) is 0 Å². The second-order valence-electron chi connectivity index (χ2n) is 7.28. The van der Waals surface area contributed by atoms with E-state index in [-0.39, 0.29) is 6.10 Å². The van der Waals surface area contributed by atoms with Crippen LogP contribution in [0.4, 0.5) is 0 Å². The first-order valence-electron chi connectivity index (χ1n) is 8.34. The molecule has 0 bridgehead atoms. The van der Waals surface area contributed by atoms with Crippen LogP contribution < -0.4 is 4.74 Å². The summed E-state index contributed by atoms with van der Waals surface area (Å²) in [5, 5.41) is 0. The smallest absolute Gasteiger partial charge is 0.216 e. The molecule has 1 amide bonds. The molecule has 0 radical (unpaired) electrons. The molecule has 1 saturated carbocycles. The normalized spacial score (nSPS) is 21.0. The summed E-state index contributed by atoms with van der Waals surface area (Å²) in [6.07, 6.45) is 7.88. The first-order valence-corrected chi connectivity index (χ1v) is 8.34. The standard InChI is InChI=1S/C18H26N2O2/c1-13(2)22-17-14(3)16(6-9-19-17)15-4-7-18(8-5-15)10-20(11-18)12-21/h6,9,12-13,15H,4-5,7-8,10-11H2,1-3H3. The molecule has 4 nitrogen and oxygen atoms in total. The number of aromatic nitrogens is 1. The third-order valence-corrected chi connectivity index (χ3v) is 5.26. The van der Waals surface area contributed by atoms with Crippen LogP contribution in [-0.2, 0) is 4.79 Å². The lowest BCUT2D eigenvalue weighted by Crippen LogP contribution is -2.56. The number of hydrogen-bond donors (Lipinski definition) is 0. The molecule has 1 aromatic rings. The highest BCUT2D eigenvalue weighted by molar-refractivity contribution is 5.49. The molecule has 4 heteroatoms. The molecule has 0 aromatic carbocycles. The van der Waals surface area contributed by atoms with Crippen LogP contribution in [-0.4, -0.2) is 35.5 Å². The summed E-state index contributed by atoms with van der Waals surface area (Å²) in [7, 11) is 0. The molecule has 2 heterocycles. The maximum atomic E-state index is 10.8. The Morgan fingerprint density at radius 1 is 1.36 bits per heavy atom. The SMILES string of the molecule is Cc1c(C2CCC3(CC2)CN(C=O)C3)ccnc1OC(C)C. The van der Waals surface area contributed by atoms with E-state index in [0.29, 0.717) is 11.3 Å². The molecule has 120 valence electrons. The van der Waals surface area contributed by atoms with Crippen molar-refractivity contribution in [3.05, 3.63) is 23.4 Å². The Bertz CT molecular complexity index is 540. The minimum absolute atomic E-state index is 0.153. The fraction of sp³-hybridized carbons (Fsp3) is 0.667. The molecule has 1 spiro atoms. The van der Waals surface area contributed by atoms with E-state index in [1.54, 1.807) is 0 Å². The fourth-order valence-electron chi connectivity index (χ4n) is 4.06. The van der Waals surface area contributed by atoms with Gasteiger partial charge in [-0.15, -0.1) is 0 Å². The molecule has 1 aliphatic carbocycles. The van der Waals surface area contributed by atoms with Crippen LogP contribution >= 0.6 is 0 Å². The quantitative estimate of drug-likeness (QED) is 0.802. The minimum atomic E-state index is 0.153. The zero-order valence-electron chi connectivity index (χ0n) is 13.8. The number of carbonyl (C=O) groups is 1. The molecule has 1 aromatic heterocycles. The molecule has 2 aliphatic rings. The zero-order valence-corrected chi connectivity index (χ0v) is 13.8. The van der Waals surface area contributed by atoms with Crippen molar-refractivity contribution in [2.24, 2.45) is 5.41 Å². The molecule has 0 unspecified atom stereocenters. The lowest BCUT2D eigenvalue weighted by Gasteiger charge is -2.52. The molecule has 2 fully saturated rings. The van der Waals surface area contributed by atoms with Gasteiger partial charge < -0.3 is 9.64 Å². The molecule has 3 rings (SSSR count). The average molecular weight is 302 g/mol. The second kappa shape index (κ2) is 5.90. The molecule has 0 N–H and O–H groups in total. The molecule has 22 heavy (non-hydrogen) atoms. The predicted octanol–water partition coefficient (Wildman–Crippen LogP) is 3.29. The van der Waals surface area contributed by atoms with E-state index in [4.69, 9.17) is 4.74 Å². The summed E-state index contributed by atoms with van der Waals surface area (Å²) in [5.74, 6) is 1.39. The van der Waals surface area contributed by atoms with Crippen molar-refractivity contribution in [1.82, 2.24) is 9.88 Å². The minimum Gasteiger partial charge on any atom is -0.475 e. The first-order chi connectivity index (χ1) is 10.5. The topological polar surface area (TPSA) is 42.4 Å². The van der Waals surface area contributed by atoms with Gasteiger partial charge in [0.05, 0.1) is 6.10 Å². The largest absolute Gasteiger partial charge is 0.475 e. The summed E-state index contributed by atoms with van der Waals surface area (Å²) in [5.41, 5.74) is 3.00. The molecular formula is C18H26N2O2. The number of ether oxygens (including phenoxy) is 1. The molecule has 1 saturated heterocycles. The van der Waals surface area contributed by atoms with E-state index in [2.05, 4.69) is 18.0 Å². The van der Waals surface area contributed by atoms with Crippen LogP contribution in [0.3, 0.4) is 0 Å². The fourth-order valence-corrected chi connectivity index (χ4v) is 4.06. The van der Waals surface area contributed by atoms with Gasteiger partial charge in [-0.25, -0.2) is 4.98 Å². The first kappa shape index (κ1) is 15.3. The summed E-state index contributed by atoms with van der Waals surface area (Å²) in [6.45, 7) is 8.11. The van der Waals surface area contributed by atoms with Crippen molar-refractivity contribution in [1.29, 1.82) is 0 Å². The van der Waals surface area contributed by atoms with Gasteiger partial charge in [0.25, 0.3) is 0 Å². The monoisotopic (exact) mass is 302 g/mol. The van der Waals surface area contributed by atoms with E-state index < -0.39 is 0 Å². The van der Waals surface area contributed by atoms with Crippen molar-refractivity contribution in [2.75, 3.05) is 13.1 Å². The summed E-state index contributed by atoms with van der Waals surface area (Å²) >= 11 is 0. The van der Waals surface area contributed by atoms with Gasteiger partial charge in [0.15, 0.2) is 0 Å². The van der Waals surface area contributed by atoms with Gasteiger partial charge in [0.1, 0.15) is 0 Å². The Kier molecular flexibility index (Phi) is 4.11. The maximum Gasteiger partial charge on any atom is 0.216 e. The van der Waals surface area contributed by atoms with E-state index in [9.17, 15) is 4.79 Å². The lowest BCUT2D eigenvalue weighted by molar-refractivity contribution is -0.131. The Morgan fingerprint density at radius 3 is 2.64 bits per heavy atom. The van der Waals surface area contributed by atoms with Crippen molar-refractivity contribution in [3.63, 3.8) is 0 Å². The number of amides is 1. The Morgan fingerprint density at radius 2 is 2.05 bits per heavy atom. The van der Waals surface area contributed by atoms with Crippen molar-refractivity contribution in [2.45, 2.75) is 58.5 Å². The molecular weight excluding hydrogens is 276 g/mol. The summed E-state index contributed by atoms with van der Waals surface area (Å²) in [6, 6.07) is 2.16. The number of nitrogens with zero attached hydrogens (tertiary/aromatic N) is 2. The Hall–Kier alpha value is -1.58. The van der Waals surface area contributed by atoms with Gasteiger partial charge in [-0.1, -0.05) is 0 Å². The van der Waals surface area contributed by atoms with Gasteiger partial charge >= 0.3 is 0 Å². The lowest BCUT2D eigenvalue weighted by atomic mass is 9.65. The highest BCUT2D eigenvalue weighted by Gasteiger charge is 2.44. The Balaban J connectivity index is 1.68. The van der Waals surface area contributed by atoms with Crippen molar-refractivity contribution >= 4 is 6.41 Å². The summed E-state index contributed by atoms with van der Waals surface area (Å²) < 4.78 is 5.82. The van der Waals surface area contributed by atoms with E-state index in [0.717, 1.165) is 25.4 Å². The highest BCUT2D eigenvalue weighted by atomic mass is 16.5. The van der Waals surface area contributed by atoms with Gasteiger partial charge in [-0.3, -0.25) is 4.79 Å². The van der Waals surface area contributed by atoms with Crippen LogP contribution in [0, 0.1) is 12.3 Å². The number of carbonyl (C=O) groups excluding carboxylic acids is 1. The average Bonchev–Trinajstić information content (AvgIpc) is 2.47. The third kappa shape index (κ3) is 2.83. The van der Waals surface area contributed by atoms with Crippen LogP contribution in [0.2, 0.25) is 0 Å². The van der Waals surface area contributed by atoms with E-state index in [1.807, 2.05) is 24.9 Å². The van der Waals surface area contributed by atoms with Crippen LogP contribution in [0.15, 0.2) is 12.3 Å². The Labute approximate surface area is 132 Å². The second-order valence-corrected chi connectivity index (χ2v) is 7.28. The number of rotatable bonds is 4. The number of hydrogen-bond acceptors (Lipinski definition) is 3. The maximum absolute atomic E-state index is 10.8. The molecule has 1 aliphatic heterocycles. The van der Waals surface area contributed by atoms with E-state index in [1.165, 1.54) is 36.8 Å². The number of pyridine rings is 1. The van der Waals surface area contributed by atoms with Crippen LogP contribution in [0.5, 0.6) is 5.88 Å². The van der Waals surface area contributed by atoms with E-state index >= 15 is 0 Å². The van der Waals surface area contributed by atoms with Gasteiger partial charge in [-0.2, -0.15) is 0 Å². The highest BCUT2D eigenvalue weighted by Crippen LogP contribution is 2.48. The predicted molar refractivity (Wildman–Crippen MR) is 86.0 cm³/mol. The molecule has 0 atom stereocenters. The van der Waals surface area contributed by atoms with Gasteiger partial charge in [0.2, 0.25) is 12.3 Å². The third-order valence-electron chi connectivity index (χ3n) is 5.26. The van der Waals surface area contributed by atoms with Gasteiger partial charge in [0, 0.05) is 30.3 Å². The zero-order chi connectivity index (χ0) is 15.7.